The third-order valence-electron chi connectivity index (χ3n) is 4.25. The van der Waals surface area contributed by atoms with Gasteiger partial charge in [-0.2, -0.15) is 10.1 Å². The molecule has 0 N–H and O–H groups in total. The SMILES string of the molecule is O=c1c2cc(-c3cccs3)nn2ccn1Cc1nc(-c2ccc(Cl)cc2)no1. The Morgan fingerprint density at radius 1 is 1.14 bits per heavy atom. The van der Waals surface area contributed by atoms with Crippen LogP contribution in [0.15, 0.2) is 69.6 Å². The molecule has 1 aromatic carbocycles. The molecule has 0 unspecified atom stereocenters. The minimum absolute atomic E-state index is 0.176. The molecule has 0 saturated heterocycles. The van der Waals surface area contributed by atoms with Gasteiger partial charge in [0.15, 0.2) is 0 Å². The summed E-state index contributed by atoms with van der Waals surface area (Å²) in [5.74, 6) is 0.791. The second-order valence-corrected chi connectivity index (χ2v) is 7.47. The van der Waals surface area contributed by atoms with E-state index in [-0.39, 0.29) is 12.1 Å². The van der Waals surface area contributed by atoms with E-state index in [1.54, 1.807) is 46.4 Å². The predicted molar refractivity (Wildman–Crippen MR) is 107 cm³/mol. The quantitative estimate of drug-likeness (QED) is 0.448. The van der Waals surface area contributed by atoms with Crippen molar-refractivity contribution in [2.24, 2.45) is 0 Å². The van der Waals surface area contributed by atoms with Crippen molar-refractivity contribution in [1.82, 2.24) is 24.3 Å². The number of aromatic nitrogens is 5. The topological polar surface area (TPSA) is 78.2 Å². The first-order valence-electron chi connectivity index (χ1n) is 8.38. The van der Waals surface area contributed by atoms with Crippen LogP contribution in [0.25, 0.3) is 27.5 Å². The number of rotatable bonds is 4. The molecule has 0 fully saturated rings. The van der Waals surface area contributed by atoms with Gasteiger partial charge < -0.3 is 9.09 Å². The van der Waals surface area contributed by atoms with Gasteiger partial charge in [-0.25, -0.2) is 4.52 Å². The van der Waals surface area contributed by atoms with E-state index in [0.717, 1.165) is 16.1 Å². The first-order chi connectivity index (χ1) is 13.7. The highest BCUT2D eigenvalue weighted by molar-refractivity contribution is 7.13. The Morgan fingerprint density at radius 2 is 2.00 bits per heavy atom. The Hall–Kier alpha value is -3.23. The average Bonchev–Trinajstić information content (AvgIpc) is 3.45. The van der Waals surface area contributed by atoms with Gasteiger partial charge in [0.25, 0.3) is 5.56 Å². The standard InChI is InChI=1S/C19H12ClN5O2S/c20-13-5-3-12(4-6-13)18-21-17(27-23-18)11-24-7-8-25-15(19(24)26)10-14(22-25)16-2-1-9-28-16/h1-10H,11H2. The molecule has 0 atom stereocenters. The molecule has 0 spiro atoms. The number of hydrogen-bond acceptors (Lipinski definition) is 6. The van der Waals surface area contributed by atoms with E-state index < -0.39 is 0 Å². The predicted octanol–water partition coefficient (Wildman–Crippen LogP) is 3.98. The van der Waals surface area contributed by atoms with Gasteiger partial charge in [-0.15, -0.1) is 11.3 Å². The summed E-state index contributed by atoms with van der Waals surface area (Å²) < 4.78 is 8.42. The van der Waals surface area contributed by atoms with Crippen LogP contribution in [0.1, 0.15) is 5.89 Å². The molecule has 0 aliphatic rings. The number of nitrogens with zero attached hydrogens (tertiary/aromatic N) is 5. The maximum atomic E-state index is 12.8. The monoisotopic (exact) mass is 409 g/mol. The van der Waals surface area contributed by atoms with Crippen LogP contribution in [0.5, 0.6) is 0 Å². The summed E-state index contributed by atoms with van der Waals surface area (Å²) >= 11 is 7.48. The molecular formula is C19H12ClN5O2S. The highest BCUT2D eigenvalue weighted by atomic mass is 35.5. The van der Waals surface area contributed by atoms with Crippen LogP contribution in [-0.2, 0) is 6.54 Å². The lowest BCUT2D eigenvalue weighted by molar-refractivity contribution is 0.370. The molecule has 0 saturated carbocycles. The fourth-order valence-corrected chi connectivity index (χ4v) is 3.68. The summed E-state index contributed by atoms with van der Waals surface area (Å²) in [4.78, 5) is 18.2. The summed E-state index contributed by atoms with van der Waals surface area (Å²) in [6, 6.07) is 12.9. The molecule has 28 heavy (non-hydrogen) atoms. The van der Waals surface area contributed by atoms with Crippen molar-refractivity contribution in [3.63, 3.8) is 0 Å². The van der Waals surface area contributed by atoms with Gasteiger partial charge >= 0.3 is 0 Å². The van der Waals surface area contributed by atoms with E-state index in [0.29, 0.717) is 22.3 Å². The second kappa shape index (κ2) is 6.74. The molecule has 7 nitrogen and oxygen atoms in total. The van der Waals surface area contributed by atoms with Gasteiger partial charge in [-0.3, -0.25) is 4.79 Å². The Balaban J connectivity index is 1.46. The van der Waals surface area contributed by atoms with Crippen LogP contribution in [-0.4, -0.2) is 24.3 Å². The summed E-state index contributed by atoms with van der Waals surface area (Å²) in [7, 11) is 0. The summed E-state index contributed by atoms with van der Waals surface area (Å²) in [5.41, 5.74) is 1.87. The zero-order chi connectivity index (χ0) is 19.1. The molecular weight excluding hydrogens is 398 g/mol. The fraction of sp³-hybridized carbons (Fsp3) is 0.0526. The first kappa shape index (κ1) is 16.9. The largest absolute Gasteiger partial charge is 0.337 e. The lowest BCUT2D eigenvalue weighted by Gasteiger charge is -2.01. The summed E-state index contributed by atoms with van der Waals surface area (Å²) in [5, 5.41) is 11.1. The van der Waals surface area contributed by atoms with Crippen LogP contribution in [0.3, 0.4) is 0 Å². The summed E-state index contributed by atoms with van der Waals surface area (Å²) in [6.07, 6.45) is 3.40. The Kier molecular flexibility index (Phi) is 4.07. The lowest BCUT2D eigenvalue weighted by atomic mass is 10.2. The number of hydrogen-bond donors (Lipinski definition) is 0. The maximum Gasteiger partial charge on any atom is 0.277 e. The average molecular weight is 410 g/mol. The normalized spacial score (nSPS) is 11.3. The number of fused-ring (bicyclic) bond motifs is 1. The Labute approximate surface area is 167 Å². The van der Waals surface area contributed by atoms with Crippen LogP contribution in [0, 0.1) is 0 Å². The van der Waals surface area contributed by atoms with Crippen molar-refractivity contribution in [3.05, 3.63) is 81.5 Å². The molecule has 9 heteroatoms. The van der Waals surface area contributed by atoms with E-state index in [9.17, 15) is 4.79 Å². The van der Waals surface area contributed by atoms with E-state index in [1.807, 2.05) is 29.6 Å². The van der Waals surface area contributed by atoms with Crippen molar-refractivity contribution in [3.8, 4) is 22.0 Å². The van der Waals surface area contributed by atoms with Crippen LogP contribution in [0.2, 0.25) is 5.02 Å². The van der Waals surface area contributed by atoms with Crippen molar-refractivity contribution in [1.29, 1.82) is 0 Å². The second-order valence-electron chi connectivity index (χ2n) is 6.09. The van der Waals surface area contributed by atoms with Crippen molar-refractivity contribution in [2.75, 3.05) is 0 Å². The highest BCUT2D eigenvalue weighted by Crippen LogP contribution is 2.23. The zero-order valence-electron chi connectivity index (χ0n) is 14.3. The van der Waals surface area contributed by atoms with E-state index in [2.05, 4.69) is 15.2 Å². The molecule has 4 aromatic heterocycles. The lowest BCUT2D eigenvalue weighted by Crippen LogP contribution is -2.21. The Bertz CT molecular complexity index is 1320. The number of benzene rings is 1. The summed E-state index contributed by atoms with van der Waals surface area (Å²) in [6.45, 7) is 0.176. The maximum absolute atomic E-state index is 12.8. The van der Waals surface area contributed by atoms with Gasteiger partial charge in [0.05, 0.1) is 4.88 Å². The molecule has 138 valence electrons. The third kappa shape index (κ3) is 3.02. The number of thiophene rings is 1. The van der Waals surface area contributed by atoms with Gasteiger partial charge in [0.1, 0.15) is 17.8 Å². The first-order valence-corrected chi connectivity index (χ1v) is 9.64. The van der Waals surface area contributed by atoms with Gasteiger partial charge in [0, 0.05) is 23.0 Å². The third-order valence-corrected chi connectivity index (χ3v) is 5.40. The molecule has 0 aliphatic carbocycles. The van der Waals surface area contributed by atoms with E-state index in [1.165, 1.54) is 4.57 Å². The Morgan fingerprint density at radius 3 is 2.79 bits per heavy atom. The van der Waals surface area contributed by atoms with Crippen molar-refractivity contribution in [2.45, 2.75) is 6.54 Å². The molecule has 0 aliphatic heterocycles. The van der Waals surface area contributed by atoms with Crippen molar-refractivity contribution >= 4 is 28.5 Å². The van der Waals surface area contributed by atoms with Crippen molar-refractivity contribution < 1.29 is 4.52 Å². The van der Waals surface area contributed by atoms with Gasteiger partial charge in [-0.1, -0.05) is 22.8 Å². The number of halogens is 1. The van der Waals surface area contributed by atoms with E-state index in [4.69, 9.17) is 16.1 Å². The van der Waals surface area contributed by atoms with Crippen LogP contribution >= 0.6 is 22.9 Å². The molecule has 0 amide bonds. The van der Waals surface area contributed by atoms with Gasteiger partial charge in [0.2, 0.25) is 11.7 Å². The molecule has 0 bridgehead atoms. The van der Waals surface area contributed by atoms with Crippen LogP contribution < -0.4 is 5.56 Å². The minimum atomic E-state index is -0.177. The zero-order valence-corrected chi connectivity index (χ0v) is 15.9. The smallest absolute Gasteiger partial charge is 0.277 e. The van der Waals surface area contributed by atoms with E-state index >= 15 is 0 Å². The fourth-order valence-electron chi connectivity index (χ4n) is 2.88. The van der Waals surface area contributed by atoms with Gasteiger partial charge in [-0.05, 0) is 41.8 Å². The molecule has 0 radical (unpaired) electrons. The molecule has 5 aromatic rings. The molecule has 4 heterocycles. The molecule has 5 rings (SSSR count). The highest BCUT2D eigenvalue weighted by Gasteiger charge is 2.13. The minimum Gasteiger partial charge on any atom is -0.337 e. The van der Waals surface area contributed by atoms with Crippen LogP contribution in [0.4, 0.5) is 0 Å².